The van der Waals surface area contributed by atoms with E-state index in [4.69, 9.17) is 0 Å². The maximum atomic E-state index is 13.2. The van der Waals surface area contributed by atoms with Crippen LogP contribution in [-0.4, -0.2) is 70.9 Å². The Balaban J connectivity index is 1.63. The van der Waals surface area contributed by atoms with E-state index in [1.54, 1.807) is 6.20 Å². The van der Waals surface area contributed by atoms with Crippen molar-refractivity contribution in [2.24, 2.45) is 5.92 Å². The minimum absolute atomic E-state index is 0.257. The Kier molecular flexibility index (Phi) is 8.93. The lowest BCUT2D eigenvalue weighted by Crippen LogP contribution is -2.48. The Morgan fingerprint density at radius 2 is 1.93 bits per heavy atom. The molecule has 0 aromatic carbocycles. The number of hydrogen-bond acceptors (Lipinski definition) is 4. The number of piperidine rings is 1. The number of pyridine rings is 1. The molecule has 29 heavy (non-hydrogen) atoms. The van der Waals surface area contributed by atoms with Crippen LogP contribution >= 0.6 is 0 Å². The summed E-state index contributed by atoms with van der Waals surface area (Å²) < 4.78 is 0. The first kappa shape index (κ1) is 22.2. The standard InChI is InChI=1S/C24H40N4O/c1-3-26(4-2)20-24(29)28(17-21-10-8-14-25-16-21)19-22-11-9-15-27(18-22)23-12-6-5-7-13-23/h8,10,14,16,22-23H,3-7,9,11-13,15,17-20H2,1-2H3. The molecule has 162 valence electrons. The lowest BCUT2D eigenvalue weighted by Gasteiger charge is -2.41. The molecule has 1 aliphatic carbocycles. The molecule has 1 aromatic heterocycles. The van der Waals surface area contributed by atoms with Gasteiger partial charge in [0, 0.05) is 38.1 Å². The molecule has 0 radical (unpaired) electrons. The van der Waals surface area contributed by atoms with Gasteiger partial charge in [-0.3, -0.25) is 14.7 Å². The molecule has 1 saturated carbocycles. The van der Waals surface area contributed by atoms with Crippen LogP contribution in [0, 0.1) is 5.92 Å². The maximum absolute atomic E-state index is 13.2. The van der Waals surface area contributed by atoms with Crippen LogP contribution in [0.1, 0.15) is 64.4 Å². The molecule has 2 aliphatic rings. The van der Waals surface area contributed by atoms with E-state index in [0.29, 0.717) is 19.0 Å². The van der Waals surface area contributed by atoms with Crippen molar-refractivity contribution >= 4 is 5.91 Å². The van der Waals surface area contributed by atoms with Crippen molar-refractivity contribution < 1.29 is 4.79 Å². The quantitative estimate of drug-likeness (QED) is 0.632. The number of rotatable bonds is 9. The molecule has 1 atom stereocenters. The summed E-state index contributed by atoms with van der Waals surface area (Å²) in [6, 6.07) is 4.83. The van der Waals surface area contributed by atoms with E-state index in [2.05, 4.69) is 39.6 Å². The van der Waals surface area contributed by atoms with Crippen LogP contribution < -0.4 is 0 Å². The topological polar surface area (TPSA) is 39.7 Å². The SMILES string of the molecule is CCN(CC)CC(=O)N(Cc1cccnc1)CC1CCCN(C2CCCCC2)C1. The predicted octanol–water partition coefficient (Wildman–Crippen LogP) is 3.80. The minimum atomic E-state index is 0.257. The molecule has 5 heteroatoms. The van der Waals surface area contributed by atoms with Crippen molar-refractivity contribution in [2.45, 2.75) is 71.4 Å². The second-order valence-electron chi connectivity index (χ2n) is 8.89. The molecule has 2 fully saturated rings. The molecular formula is C24H40N4O. The van der Waals surface area contributed by atoms with E-state index in [1.165, 1.54) is 51.5 Å². The summed E-state index contributed by atoms with van der Waals surface area (Å²) in [4.78, 5) is 24.5. The number of likely N-dealkylation sites (N-methyl/N-ethyl adjacent to an activating group) is 1. The van der Waals surface area contributed by atoms with Gasteiger partial charge in [-0.25, -0.2) is 0 Å². The molecular weight excluding hydrogens is 360 g/mol. The molecule has 0 spiro atoms. The van der Waals surface area contributed by atoms with E-state index in [0.717, 1.165) is 37.8 Å². The van der Waals surface area contributed by atoms with Crippen LogP contribution in [0.3, 0.4) is 0 Å². The van der Waals surface area contributed by atoms with E-state index in [1.807, 2.05) is 12.3 Å². The van der Waals surface area contributed by atoms with Gasteiger partial charge in [0.15, 0.2) is 0 Å². The summed E-state index contributed by atoms with van der Waals surface area (Å²) >= 11 is 0. The molecule has 5 nitrogen and oxygen atoms in total. The largest absolute Gasteiger partial charge is 0.337 e. The van der Waals surface area contributed by atoms with Crippen molar-refractivity contribution in [1.29, 1.82) is 0 Å². The highest BCUT2D eigenvalue weighted by Gasteiger charge is 2.29. The average molecular weight is 401 g/mol. The van der Waals surface area contributed by atoms with Crippen LogP contribution in [-0.2, 0) is 11.3 Å². The van der Waals surface area contributed by atoms with E-state index < -0.39 is 0 Å². The highest BCUT2D eigenvalue weighted by Crippen LogP contribution is 2.27. The minimum Gasteiger partial charge on any atom is -0.337 e. The highest BCUT2D eigenvalue weighted by atomic mass is 16.2. The molecule has 1 saturated heterocycles. The van der Waals surface area contributed by atoms with Gasteiger partial charge in [-0.05, 0) is 62.9 Å². The Morgan fingerprint density at radius 1 is 1.14 bits per heavy atom. The lowest BCUT2D eigenvalue weighted by atomic mass is 9.90. The number of amides is 1. The van der Waals surface area contributed by atoms with Crippen molar-refractivity contribution in [2.75, 3.05) is 39.3 Å². The third-order valence-corrected chi connectivity index (χ3v) is 6.82. The zero-order valence-electron chi connectivity index (χ0n) is 18.6. The fourth-order valence-corrected chi connectivity index (χ4v) is 5.04. The summed E-state index contributed by atoms with van der Waals surface area (Å²) in [7, 11) is 0. The van der Waals surface area contributed by atoms with E-state index in [-0.39, 0.29) is 5.91 Å². The van der Waals surface area contributed by atoms with Gasteiger partial charge in [0.1, 0.15) is 0 Å². The van der Waals surface area contributed by atoms with Gasteiger partial charge >= 0.3 is 0 Å². The number of nitrogens with zero attached hydrogens (tertiary/aromatic N) is 4. The van der Waals surface area contributed by atoms with Crippen LogP contribution in [0.25, 0.3) is 0 Å². The molecule has 0 N–H and O–H groups in total. The van der Waals surface area contributed by atoms with Crippen LogP contribution in [0.5, 0.6) is 0 Å². The van der Waals surface area contributed by atoms with Gasteiger partial charge in [-0.15, -0.1) is 0 Å². The second-order valence-corrected chi connectivity index (χ2v) is 8.89. The Bertz CT molecular complexity index is 598. The fraction of sp³-hybridized carbons (Fsp3) is 0.750. The second kappa shape index (κ2) is 11.7. The van der Waals surface area contributed by atoms with Gasteiger partial charge in [-0.1, -0.05) is 39.2 Å². The average Bonchev–Trinajstić information content (AvgIpc) is 2.78. The summed E-state index contributed by atoms with van der Waals surface area (Å²) in [5, 5.41) is 0. The molecule has 3 rings (SSSR count). The Hall–Kier alpha value is -1.46. The molecule has 1 aromatic rings. The molecule has 2 heterocycles. The van der Waals surface area contributed by atoms with Gasteiger partial charge in [0.25, 0.3) is 0 Å². The monoisotopic (exact) mass is 400 g/mol. The van der Waals surface area contributed by atoms with Crippen LogP contribution in [0.2, 0.25) is 0 Å². The fourth-order valence-electron chi connectivity index (χ4n) is 5.04. The predicted molar refractivity (Wildman–Crippen MR) is 119 cm³/mol. The number of hydrogen-bond donors (Lipinski definition) is 0. The van der Waals surface area contributed by atoms with Gasteiger partial charge < -0.3 is 9.80 Å². The van der Waals surface area contributed by atoms with Gasteiger partial charge in [-0.2, -0.15) is 0 Å². The molecule has 0 bridgehead atoms. The Morgan fingerprint density at radius 3 is 2.62 bits per heavy atom. The summed E-state index contributed by atoms with van der Waals surface area (Å²) in [6.07, 6.45) is 13.1. The smallest absolute Gasteiger partial charge is 0.237 e. The number of carbonyl (C=O) groups is 1. The third kappa shape index (κ3) is 6.78. The lowest BCUT2D eigenvalue weighted by molar-refractivity contribution is -0.134. The summed E-state index contributed by atoms with van der Waals surface area (Å²) in [5.74, 6) is 0.843. The number of aromatic nitrogens is 1. The van der Waals surface area contributed by atoms with Crippen molar-refractivity contribution in [3.63, 3.8) is 0 Å². The normalized spacial score (nSPS) is 21.4. The first-order valence-corrected chi connectivity index (χ1v) is 11.8. The van der Waals surface area contributed by atoms with Crippen LogP contribution in [0.15, 0.2) is 24.5 Å². The summed E-state index contributed by atoms with van der Waals surface area (Å²) in [6.45, 7) is 10.6. The number of carbonyl (C=O) groups excluding carboxylic acids is 1. The van der Waals surface area contributed by atoms with E-state index >= 15 is 0 Å². The molecule has 1 amide bonds. The first-order valence-electron chi connectivity index (χ1n) is 11.8. The third-order valence-electron chi connectivity index (χ3n) is 6.82. The zero-order valence-corrected chi connectivity index (χ0v) is 18.6. The van der Waals surface area contributed by atoms with Crippen molar-refractivity contribution in [3.05, 3.63) is 30.1 Å². The van der Waals surface area contributed by atoms with E-state index in [9.17, 15) is 4.79 Å². The maximum Gasteiger partial charge on any atom is 0.237 e. The van der Waals surface area contributed by atoms with Crippen LogP contribution in [0.4, 0.5) is 0 Å². The zero-order chi connectivity index (χ0) is 20.5. The van der Waals surface area contributed by atoms with Gasteiger partial charge in [0.2, 0.25) is 5.91 Å². The first-order chi connectivity index (χ1) is 14.2. The number of likely N-dealkylation sites (tertiary alicyclic amines) is 1. The molecule has 1 unspecified atom stereocenters. The summed E-state index contributed by atoms with van der Waals surface area (Å²) in [5.41, 5.74) is 1.13. The van der Waals surface area contributed by atoms with Gasteiger partial charge in [0.05, 0.1) is 6.54 Å². The Labute approximate surface area is 177 Å². The van der Waals surface area contributed by atoms with Crippen molar-refractivity contribution in [3.8, 4) is 0 Å². The molecule has 1 aliphatic heterocycles. The van der Waals surface area contributed by atoms with Crippen molar-refractivity contribution in [1.82, 2.24) is 19.7 Å². The highest BCUT2D eigenvalue weighted by molar-refractivity contribution is 5.78.